The van der Waals surface area contributed by atoms with Gasteiger partial charge in [0.15, 0.2) is 0 Å². The number of carboxylic acid groups (broad SMARTS) is 1. The van der Waals surface area contributed by atoms with E-state index < -0.39 is 11.6 Å². The van der Waals surface area contributed by atoms with Crippen molar-refractivity contribution in [2.45, 2.75) is 26.4 Å². The number of rotatable bonds is 4. The van der Waals surface area contributed by atoms with Gasteiger partial charge in [-0.15, -0.1) is 0 Å². The minimum Gasteiger partial charge on any atom is -0.493 e. The smallest absolute Gasteiger partial charge is 0.410 e. The summed E-state index contributed by atoms with van der Waals surface area (Å²) in [6, 6.07) is 4.46. The van der Waals surface area contributed by atoms with E-state index in [4.69, 9.17) is 26.2 Å². The number of carbonyl (C=O) groups is 2. The second kappa shape index (κ2) is 6.66. The molecule has 1 fully saturated rings. The molecule has 0 aliphatic carbocycles. The van der Waals surface area contributed by atoms with Crippen molar-refractivity contribution in [2.24, 2.45) is 5.92 Å². The summed E-state index contributed by atoms with van der Waals surface area (Å²) in [5.41, 5.74) is -0.458. The molecule has 1 aromatic carbocycles. The Balaban J connectivity index is 1.78. The zero-order valence-corrected chi connectivity index (χ0v) is 14.1. The van der Waals surface area contributed by atoms with Crippen LogP contribution in [0.4, 0.5) is 4.79 Å². The van der Waals surface area contributed by atoms with Crippen LogP contribution in [0.2, 0.25) is 5.02 Å². The maximum Gasteiger partial charge on any atom is 0.410 e. The summed E-state index contributed by atoms with van der Waals surface area (Å²) in [4.78, 5) is 24.3. The molecule has 126 valence electrons. The first-order valence-electron chi connectivity index (χ1n) is 7.29. The number of halogens is 1. The molecule has 23 heavy (non-hydrogen) atoms. The highest BCUT2D eigenvalue weighted by atomic mass is 35.5. The predicted octanol–water partition coefficient (Wildman–Crippen LogP) is 3.28. The minimum absolute atomic E-state index is 0.0405. The van der Waals surface area contributed by atoms with E-state index in [-0.39, 0.29) is 22.6 Å². The van der Waals surface area contributed by atoms with Crippen LogP contribution in [0.3, 0.4) is 0 Å². The van der Waals surface area contributed by atoms with Crippen molar-refractivity contribution in [1.29, 1.82) is 0 Å². The highest BCUT2D eigenvalue weighted by Gasteiger charge is 2.34. The van der Waals surface area contributed by atoms with Crippen LogP contribution < -0.4 is 4.74 Å². The Kier molecular flexibility index (Phi) is 5.04. The monoisotopic (exact) mass is 341 g/mol. The molecule has 0 unspecified atom stereocenters. The molecule has 1 heterocycles. The molecule has 0 radical (unpaired) electrons. The molecular formula is C16H20ClNO5. The van der Waals surface area contributed by atoms with Gasteiger partial charge in [0.25, 0.3) is 0 Å². The van der Waals surface area contributed by atoms with Crippen LogP contribution in [0.5, 0.6) is 5.75 Å². The van der Waals surface area contributed by atoms with E-state index in [1.54, 1.807) is 11.0 Å². The lowest BCUT2D eigenvalue weighted by molar-refractivity contribution is -0.00781. The van der Waals surface area contributed by atoms with Crippen LogP contribution in [0.1, 0.15) is 31.1 Å². The Labute approximate surface area is 139 Å². The summed E-state index contributed by atoms with van der Waals surface area (Å²) in [6.07, 6.45) is -0.317. The molecule has 1 saturated heterocycles. The zero-order valence-electron chi connectivity index (χ0n) is 13.3. The lowest BCUT2D eigenvalue weighted by Gasteiger charge is -2.39. The van der Waals surface area contributed by atoms with Crippen LogP contribution in [0, 0.1) is 5.92 Å². The van der Waals surface area contributed by atoms with Gasteiger partial charge in [0.05, 0.1) is 17.2 Å². The van der Waals surface area contributed by atoms with Gasteiger partial charge in [-0.1, -0.05) is 11.6 Å². The average Bonchev–Trinajstić information content (AvgIpc) is 2.34. The Morgan fingerprint density at radius 2 is 2.00 bits per heavy atom. The standard InChI is InChI=1S/C16H20ClNO5/c1-16(2,3)23-15(21)18-7-10(8-18)9-22-11-4-5-12(14(19)20)13(17)6-11/h4-6,10H,7-9H2,1-3H3,(H,19,20). The van der Waals surface area contributed by atoms with E-state index in [1.165, 1.54) is 12.1 Å². The lowest BCUT2D eigenvalue weighted by atomic mass is 10.0. The molecule has 2 rings (SSSR count). The highest BCUT2D eigenvalue weighted by molar-refractivity contribution is 6.33. The van der Waals surface area contributed by atoms with Gasteiger partial charge in [-0.25, -0.2) is 9.59 Å². The van der Waals surface area contributed by atoms with Gasteiger partial charge >= 0.3 is 12.1 Å². The first-order chi connectivity index (χ1) is 10.7. The van der Waals surface area contributed by atoms with Crippen LogP contribution in [-0.2, 0) is 4.74 Å². The number of likely N-dealkylation sites (tertiary alicyclic amines) is 1. The van der Waals surface area contributed by atoms with E-state index in [9.17, 15) is 9.59 Å². The SMILES string of the molecule is CC(C)(C)OC(=O)N1CC(COc2ccc(C(=O)O)c(Cl)c2)C1. The first kappa shape index (κ1) is 17.4. The quantitative estimate of drug-likeness (QED) is 0.909. The van der Waals surface area contributed by atoms with Crippen molar-refractivity contribution in [2.75, 3.05) is 19.7 Å². The maximum absolute atomic E-state index is 11.8. The Morgan fingerprint density at radius 1 is 1.35 bits per heavy atom. The topological polar surface area (TPSA) is 76.1 Å². The largest absolute Gasteiger partial charge is 0.493 e. The van der Waals surface area contributed by atoms with Gasteiger partial charge in [-0.2, -0.15) is 0 Å². The van der Waals surface area contributed by atoms with Crippen LogP contribution in [0.15, 0.2) is 18.2 Å². The molecular weight excluding hydrogens is 322 g/mol. The Hall–Kier alpha value is -1.95. The van der Waals surface area contributed by atoms with Crippen molar-refractivity contribution in [1.82, 2.24) is 4.90 Å². The summed E-state index contributed by atoms with van der Waals surface area (Å²) in [5, 5.41) is 9.05. The molecule has 1 aliphatic heterocycles. The number of ether oxygens (including phenoxy) is 2. The Bertz CT molecular complexity index is 605. The van der Waals surface area contributed by atoms with Gasteiger partial charge in [0.2, 0.25) is 0 Å². The second-order valence-corrected chi connectivity index (χ2v) is 6.92. The van der Waals surface area contributed by atoms with Gasteiger partial charge in [-0.3, -0.25) is 0 Å². The molecule has 0 bridgehead atoms. The van der Waals surface area contributed by atoms with Crippen LogP contribution in [-0.4, -0.2) is 47.4 Å². The van der Waals surface area contributed by atoms with Crippen LogP contribution >= 0.6 is 11.6 Å². The fourth-order valence-electron chi connectivity index (χ4n) is 2.12. The third-order valence-electron chi connectivity index (χ3n) is 3.27. The summed E-state index contributed by atoms with van der Waals surface area (Å²) >= 11 is 5.88. The Morgan fingerprint density at radius 3 is 2.52 bits per heavy atom. The van der Waals surface area contributed by atoms with E-state index in [0.29, 0.717) is 25.4 Å². The fraction of sp³-hybridized carbons (Fsp3) is 0.500. The van der Waals surface area contributed by atoms with Crippen molar-refractivity contribution in [3.63, 3.8) is 0 Å². The number of hydrogen-bond donors (Lipinski definition) is 1. The minimum atomic E-state index is -1.08. The predicted molar refractivity (Wildman–Crippen MR) is 85.2 cm³/mol. The van der Waals surface area contributed by atoms with Gasteiger partial charge < -0.3 is 19.5 Å². The van der Waals surface area contributed by atoms with E-state index >= 15 is 0 Å². The number of hydrogen-bond acceptors (Lipinski definition) is 4. The first-order valence-corrected chi connectivity index (χ1v) is 7.67. The number of aromatic carboxylic acids is 1. The summed E-state index contributed by atoms with van der Waals surface area (Å²) < 4.78 is 10.9. The fourth-order valence-corrected chi connectivity index (χ4v) is 2.38. The average molecular weight is 342 g/mol. The summed E-state index contributed by atoms with van der Waals surface area (Å²) in [7, 11) is 0. The zero-order chi connectivity index (χ0) is 17.2. The number of amides is 1. The summed E-state index contributed by atoms with van der Waals surface area (Å²) in [5.74, 6) is -0.343. The van der Waals surface area contributed by atoms with E-state index in [0.717, 1.165) is 0 Å². The molecule has 6 nitrogen and oxygen atoms in total. The molecule has 0 spiro atoms. The third-order valence-corrected chi connectivity index (χ3v) is 3.58. The number of nitrogens with zero attached hydrogens (tertiary/aromatic N) is 1. The second-order valence-electron chi connectivity index (χ2n) is 6.51. The molecule has 0 aromatic heterocycles. The van der Waals surface area contributed by atoms with E-state index in [2.05, 4.69) is 0 Å². The highest BCUT2D eigenvalue weighted by Crippen LogP contribution is 2.25. The number of carboxylic acids is 1. The van der Waals surface area contributed by atoms with Gasteiger partial charge in [0, 0.05) is 19.0 Å². The molecule has 0 atom stereocenters. The number of benzene rings is 1. The van der Waals surface area contributed by atoms with Crippen molar-refractivity contribution in [3.8, 4) is 5.75 Å². The summed E-state index contributed by atoms with van der Waals surface area (Å²) in [6.45, 7) is 7.08. The lowest BCUT2D eigenvalue weighted by Crippen LogP contribution is -2.53. The molecule has 1 aromatic rings. The molecule has 1 N–H and O–H groups in total. The van der Waals surface area contributed by atoms with Crippen molar-refractivity contribution >= 4 is 23.7 Å². The molecule has 1 aliphatic rings. The number of carbonyl (C=O) groups excluding carboxylic acids is 1. The van der Waals surface area contributed by atoms with Crippen molar-refractivity contribution in [3.05, 3.63) is 28.8 Å². The normalized spacial score (nSPS) is 15.0. The third kappa shape index (κ3) is 4.76. The van der Waals surface area contributed by atoms with Gasteiger partial charge in [0.1, 0.15) is 11.4 Å². The van der Waals surface area contributed by atoms with Crippen molar-refractivity contribution < 1.29 is 24.2 Å². The van der Waals surface area contributed by atoms with E-state index in [1.807, 2.05) is 20.8 Å². The maximum atomic E-state index is 11.8. The van der Waals surface area contributed by atoms with Gasteiger partial charge in [-0.05, 0) is 39.0 Å². The van der Waals surface area contributed by atoms with Crippen LogP contribution in [0.25, 0.3) is 0 Å². The molecule has 0 saturated carbocycles. The molecule has 7 heteroatoms. The molecule has 1 amide bonds.